The molecule has 1 aromatic rings. The highest BCUT2D eigenvalue weighted by Gasteiger charge is 2.23. The van der Waals surface area contributed by atoms with E-state index in [9.17, 15) is 9.18 Å². The van der Waals surface area contributed by atoms with E-state index in [0.717, 1.165) is 12.8 Å². The zero-order chi connectivity index (χ0) is 14.5. The largest absolute Gasteiger partial charge is 0.384 e. The number of rotatable bonds is 1. The maximum Gasteiger partial charge on any atom is 0.256 e. The Kier molecular flexibility index (Phi) is 4.75. The van der Waals surface area contributed by atoms with Crippen LogP contribution in [0.25, 0.3) is 0 Å². The fraction of sp³-hybridized carbons (Fsp3) is 0.438. The van der Waals surface area contributed by atoms with Gasteiger partial charge in [-0.1, -0.05) is 18.8 Å². The Balaban J connectivity index is 2.20. The first-order chi connectivity index (χ1) is 9.61. The molecule has 1 aliphatic heterocycles. The van der Waals surface area contributed by atoms with E-state index < -0.39 is 5.82 Å². The summed E-state index contributed by atoms with van der Waals surface area (Å²) in [6, 6.07) is 4.21. The van der Waals surface area contributed by atoms with Crippen molar-refractivity contribution in [3.05, 3.63) is 35.1 Å². The highest BCUT2D eigenvalue weighted by molar-refractivity contribution is 5.95. The molecule has 1 saturated heterocycles. The lowest BCUT2D eigenvalue weighted by Crippen LogP contribution is -2.38. The molecule has 0 aliphatic carbocycles. The smallest absolute Gasteiger partial charge is 0.256 e. The number of amides is 1. The monoisotopic (exact) mass is 275 g/mol. The van der Waals surface area contributed by atoms with Crippen LogP contribution in [-0.2, 0) is 0 Å². The molecule has 4 heteroatoms. The van der Waals surface area contributed by atoms with E-state index >= 15 is 0 Å². The van der Waals surface area contributed by atoms with E-state index in [1.165, 1.54) is 18.2 Å². The molecule has 3 nitrogen and oxygen atoms in total. The summed E-state index contributed by atoms with van der Waals surface area (Å²) in [6.07, 6.45) is 1.91. The number of likely N-dealkylation sites (tertiary alicyclic amines) is 1. The van der Waals surface area contributed by atoms with Crippen molar-refractivity contribution in [2.75, 3.05) is 19.7 Å². The van der Waals surface area contributed by atoms with E-state index in [1.54, 1.807) is 4.90 Å². The number of carbonyl (C=O) groups excluding carboxylic acids is 1. The van der Waals surface area contributed by atoms with Crippen LogP contribution in [0, 0.1) is 23.6 Å². The SMILES string of the molecule is CC1CCN(C(=O)c2cc(C#CCO)ccc2F)CC1. The van der Waals surface area contributed by atoms with Gasteiger partial charge in [-0.05, 0) is 37.0 Å². The van der Waals surface area contributed by atoms with Crippen LogP contribution in [-0.4, -0.2) is 35.6 Å². The minimum absolute atomic E-state index is 0.0595. The lowest BCUT2D eigenvalue weighted by Gasteiger charge is -2.30. The van der Waals surface area contributed by atoms with Crippen LogP contribution in [0.2, 0.25) is 0 Å². The van der Waals surface area contributed by atoms with Gasteiger partial charge < -0.3 is 10.0 Å². The third-order valence-corrected chi connectivity index (χ3v) is 3.58. The molecule has 0 radical (unpaired) electrons. The molecule has 0 saturated carbocycles. The van der Waals surface area contributed by atoms with Crippen LogP contribution < -0.4 is 0 Å². The maximum atomic E-state index is 13.8. The molecule has 1 fully saturated rings. The Morgan fingerprint density at radius 1 is 1.45 bits per heavy atom. The Hall–Kier alpha value is -1.86. The third-order valence-electron chi connectivity index (χ3n) is 3.58. The Morgan fingerprint density at radius 3 is 2.80 bits per heavy atom. The number of benzene rings is 1. The minimum atomic E-state index is -0.525. The molecule has 0 atom stereocenters. The molecule has 20 heavy (non-hydrogen) atoms. The number of halogens is 1. The normalized spacial score (nSPS) is 15.7. The summed E-state index contributed by atoms with van der Waals surface area (Å²) in [5, 5.41) is 8.67. The van der Waals surface area contributed by atoms with Crippen LogP contribution in [0.5, 0.6) is 0 Å². The van der Waals surface area contributed by atoms with Crippen LogP contribution in [0.15, 0.2) is 18.2 Å². The summed E-state index contributed by atoms with van der Waals surface area (Å²) in [4.78, 5) is 14.0. The van der Waals surface area contributed by atoms with Crippen molar-refractivity contribution in [3.63, 3.8) is 0 Å². The predicted octanol–water partition coefficient (Wildman–Crippen LogP) is 2.04. The molecule has 1 heterocycles. The standard InChI is InChI=1S/C16H18FNO2/c1-12-6-8-18(9-7-12)16(20)14-11-13(3-2-10-19)4-5-15(14)17/h4-5,11-12,19H,6-10H2,1H3. The zero-order valence-electron chi connectivity index (χ0n) is 11.5. The average Bonchev–Trinajstić information content (AvgIpc) is 2.46. The number of aliphatic hydroxyl groups is 1. The van der Waals surface area contributed by atoms with E-state index in [2.05, 4.69) is 18.8 Å². The van der Waals surface area contributed by atoms with E-state index in [1.807, 2.05) is 0 Å². The summed E-state index contributed by atoms with van der Waals surface area (Å²) in [5.74, 6) is 5.00. The van der Waals surface area contributed by atoms with E-state index in [4.69, 9.17) is 5.11 Å². The van der Waals surface area contributed by atoms with Crippen LogP contribution in [0.4, 0.5) is 4.39 Å². The van der Waals surface area contributed by atoms with Crippen molar-refractivity contribution < 1.29 is 14.3 Å². The highest BCUT2D eigenvalue weighted by atomic mass is 19.1. The van der Waals surface area contributed by atoms with Gasteiger partial charge in [-0.25, -0.2) is 4.39 Å². The van der Waals surface area contributed by atoms with E-state index in [0.29, 0.717) is 24.6 Å². The van der Waals surface area contributed by atoms with Gasteiger partial charge >= 0.3 is 0 Å². The van der Waals surface area contributed by atoms with Crippen molar-refractivity contribution >= 4 is 5.91 Å². The number of hydrogen-bond donors (Lipinski definition) is 1. The second-order valence-corrected chi connectivity index (χ2v) is 5.13. The van der Waals surface area contributed by atoms with Crippen molar-refractivity contribution in [3.8, 4) is 11.8 Å². The lowest BCUT2D eigenvalue weighted by molar-refractivity contribution is 0.0692. The molecule has 106 valence electrons. The first kappa shape index (κ1) is 14.5. The number of hydrogen-bond acceptors (Lipinski definition) is 2. The number of nitrogens with zero attached hydrogens (tertiary/aromatic N) is 1. The number of aliphatic hydroxyl groups excluding tert-OH is 1. The van der Waals surface area contributed by atoms with Gasteiger partial charge in [-0.15, -0.1) is 0 Å². The first-order valence-corrected chi connectivity index (χ1v) is 6.80. The van der Waals surface area contributed by atoms with Crippen LogP contribution >= 0.6 is 0 Å². The van der Waals surface area contributed by atoms with Crippen molar-refractivity contribution in [1.82, 2.24) is 4.90 Å². The van der Waals surface area contributed by atoms with Crippen molar-refractivity contribution in [2.24, 2.45) is 5.92 Å². The van der Waals surface area contributed by atoms with Crippen molar-refractivity contribution in [1.29, 1.82) is 0 Å². The van der Waals surface area contributed by atoms with Gasteiger partial charge in [-0.2, -0.15) is 0 Å². The average molecular weight is 275 g/mol. The summed E-state index contributed by atoms with van der Waals surface area (Å²) in [7, 11) is 0. The Labute approximate surface area is 118 Å². The lowest BCUT2D eigenvalue weighted by atomic mass is 9.98. The van der Waals surface area contributed by atoms with Gasteiger partial charge in [0.05, 0.1) is 5.56 Å². The molecular formula is C16H18FNO2. The van der Waals surface area contributed by atoms with Crippen molar-refractivity contribution in [2.45, 2.75) is 19.8 Å². The minimum Gasteiger partial charge on any atom is -0.384 e. The molecule has 1 N–H and O–H groups in total. The third kappa shape index (κ3) is 3.37. The van der Waals surface area contributed by atoms with Crippen LogP contribution in [0.1, 0.15) is 35.7 Å². The van der Waals surface area contributed by atoms with Gasteiger partial charge in [-0.3, -0.25) is 4.79 Å². The topological polar surface area (TPSA) is 40.5 Å². The van der Waals surface area contributed by atoms with Gasteiger partial charge in [0.15, 0.2) is 0 Å². The second-order valence-electron chi connectivity index (χ2n) is 5.13. The molecule has 0 spiro atoms. The molecule has 0 bridgehead atoms. The fourth-order valence-corrected chi connectivity index (χ4v) is 2.29. The maximum absolute atomic E-state index is 13.8. The molecule has 1 amide bonds. The summed E-state index contributed by atoms with van der Waals surface area (Å²) < 4.78 is 13.8. The first-order valence-electron chi connectivity index (χ1n) is 6.80. The fourth-order valence-electron chi connectivity index (χ4n) is 2.29. The Bertz CT molecular complexity index is 551. The summed E-state index contributed by atoms with van der Waals surface area (Å²) in [5.41, 5.74) is 0.596. The molecule has 0 unspecified atom stereocenters. The van der Waals surface area contributed by atoms with Gasteiger partial charge in [0.1, 0.15) is 12.4 Å². The molecule has 1 aromatic carbocycles. The molecule has 0 aromatic heterocycles. The summed E-state index contributed by atoms with van der Waals surface area (Å²) in [6.45, 7) is 3.25. The zero-order valence-corrected chi connectivity index (χ0v) is 11.5. The molecule has 1 aliphatic rings. The van der Waals surface area contributed by atoms with Gasteiger partial charge in [0.25, 0.3) is 5.91 Å². The van der Waals surface area contributed by atoms with E-state index in [-0.39, 0.29) is 18.1 Å². The quantitative estimate of drug-likeness (QED) is 0.797. The molecule has 2 rings (SSSR count). The second kappa shape index (κ2) is 6.53. The van der Waals surface area contributed by atoms with Crippen LogP contribution in [0.3, 0.4) is 0 Å². The summed E-state index contributed by atoms with van der Waals surface area (Å²) >= 11 is 0. The Morgan fingerprint density at radius 2 is 2.15 bits per heavy atom. The van der Waals surface area contributed by atoms with Gasteiger partial charge in [0.2, 0.25) is 0 Å². The predicted molar refractivity (Wildman–Crippen MR) is 74.7 cm³/mol. The molecular weight excluding hydrogens is 257 g/mol. The number of piperidine rings is 1. The highest BCUT2D eigenvalue weighted by Crippen LogP contribution is 2.20. The van der Waals surface area contributed by atoms with Gasteiger partial charge in [0, 0.05) is 18.7 Å². The number of carbonyl (C=O) groups is 1.